The van der Waals surface area contributed by atoms with Crippen molar-refractivity contribution < 1.29 is 19.4 Å². The number of carboxylic acids is 1. The molecule has 0 heterocycles. The van der Waals surface area contributed by atoms with E-state index in [0.717, 1.165) is 11.3 Å². The fourth-order valence-electron chi connectivity index (χ4n) is 1.99. The molecule has 0 bridgehead atoms. The minimum absolute atomic E-state index is 0.211. The Hall–Kier alpha value is -2.49. The van der Waals surface area contributed by atoms with E-state index in [-0.39, 0.29) is 5.56 Å². The Morgan fingerprint density at radius 2 is 1.81 bits per heavy atom. The van der Waals surface area contributed by atoms with E-state index in [1.165, 1.54) is 17.7 Å². The molecule has 0 aliphatic rings. The van der Waals surface area contributed by atoms with Crippen LogP contribution in [0, 0.1) is 13.8 Å². The van der Waals surface area contributed by atoms with Crippen LogP contribution in [0.2, 0.25) is 0 Å². The van der Waals surface area contributed by atoms with Crippen LogP contribution < -0.4 is 9.47 Å². The number of rotatable bonds is 6. The first-order valence-electron chi connectivity index (χ1n) is 6.72. The van der Waals surface area contributed by atoms with Gasteiger partial charge in [0, 0.05) is 0 Å². The third-order valence-electron chi connectivity index (χ3n) is 3.02. The normalized spacial score (nSPS) is 10.2. The molecular weight excluding hydrogens is 268 g/mol. The zero-order chi connectivity index (χ0) is 15.2. The van der Waals surface area contributed by atoms with E-state index < -0.39 is 5.97 Å². The van der Waals surface area contributed by atoms with Crippen LogP contribution in [-0.2, 0) is 0 Å². The summed E-state index contributed by atoms with van der Waals surface area (Å²) in [6.45, 7) is 4.80. The van der Waals surface area contributed by atoms with Crippen LogP contribution >= 0.6 is 0 Å². The first kappa shape index (κ1) is 14.9. The van der Waals surface area contributed by atoms with Crippen molar-refractivity contribution in [3.63, 3.8) is 0 Å². The molecule has 4 heteroatoms. The molecule has 0 aliphatic carbocycles. The Labute approximate surface area is 123 Å². The first-order chi connectivity index (χ1) is 10.1. The summed E-state index contributed by atoms with van der Waals surface area (Å²) in [4.78, 5) is 10.9. The molecule has 0 aromatic heterocycles. The summed E-state index contributed by atoms with van der Waals surface area (Å²) in [5.74, 6) is 0.398. The molecule has 0 saturated carbocycles. The number of benzene rings is 2. The first-order valence-corrected chi connectivity index (χ1v) is 6.72. The van der Waals surface area contributed by atoms with Crippen molar-refractivity contribution in [2.75, 3.05) is 13.2 Å². The fourth-order valence-corrected chi connectivity index (χ4v) is 1.99. The van der Waals surface area contributed by atoms with Crippen molar-refractivity contribution in [3.05, 3.63) is 59.2 Å². The average Bonchev–Trinajstić information content (AvgIpc) is 2.45. The van der Waals surface area contributed by atoms with Gasteiger partial charge in [-0.05, 0) is 43.7 Å². The maximum absolute atomic E-state index is 10.9. The number of hydrogen-bond acceptors (Lipinski definition) is 3. The molecule has 2 aromatic rings. The van der Waals surface area contributed by atoms with Gasteiger partial charge in [0.1, 0.15) is 24.7 Å². The number of aromatic carboxylic acids is 1. The maximum Gasteiger partial charge on any atom is 0.335 e. The van der Waals surface area contributed by atoms with Gasteiger partial charge in [-0.2, -0.15) is 0 Å². The van der Waals surface area contributed by atoms with Gasteiger partial charge in [0.25, 0.3) is 0 Å². The average molecular weight is 286 g/mol. The molecular formula is C17H18O4. The molecule has 0 radical (unpaired) electrons. The van der Waals surface area contributed by atoms with E-state index in [9.17, 15) is 4.79 Å². The molecule has 0 amide bonds. The fraction of sp³-hybridized carbons (Fsp3) is 0.235. The second-order valence-corrected chi connectivity index (χ2v) is 4.80. The molecule has 2 aromatic carbocycles. The minimum Gasteiger partial charge on any atom is -0.490 e. The topological polar surface area (TPSA) is 55.8 Å². The minimum atomic E-state index is -0.966. The van der Waals surface area contributed by atoms with Crippen molar-refractivity contribution in [1.29, 1.82) is 0 Å². The predicted octanol–water partition coefficient (Wildman–Crippen LogP) is 3.46. The molecule has 110 valence electrons. The summed E-state index contributed by atoms with van der Waals surface area (Å²) in [5, 5.41) is 8.90. The Morgan fingerprint density at radius 3 is 2.52 bits per heavy atom. The van der Waals surface area contributed by atoms with Crippen molar-refractivity contribution in [3.8, 4) is 11.5 Å². The van der Waals surface area contributed by atoms with Crippen LogP contribution in [0.25, 0.3) is 0 Å². The number of ether oxygens (including phenoxy) is 2. The highest BCUT2D eigenvalue weighted by molar-refractivity contribution is 5.87. The molecule has 0 aliphatic heterocycles. The number of aryl methyl sites for hydroxylation is 2. The van der Waals surface area contributed by atoms with Gasteiger partial charge < -0.3 is 14.6 Å². The third-order valence-corrected chi connectivity index (χ3v) is 3.02. The van der Waals surface area contributed by atoms with E-state index in [1.54, 1.807) is 12.1 Å². The van der Waals surface area contributed by atoms with Crippen LogP contribution in [0.4, 0.5) is 0 Å². The number of carboxylic acid groups (broad SMARTS) is 1. The molecule has 0 atom stereocenters. The maximum atomic E-state index is 10.9. The monoisotopic (exact) mass is 286 g/mol. The quantitative estimate of drug-likeness (QED) is 0.826. The second kappa shape index (κ2) is 6.79. The molecule has 21 heavy (non-hydrogen) atoms. The highest BCUT2D eigenvalue weighted by atomic mass is 16.5. The Kier molecular flexibility index (Phi) is 4.82. The van der Waals surface area contributed by atoms with E-state index in [2.05, 4.69) is 6.07 Å². The van der Waals surface area contributed by atoms with Gasteiger partial charge in [0.05, 0.1) is 5.56 Å². The van der Waals surface area contributed by atoms with Crippen molar-refractivity contribution >= 4 is 5.97 Å². The summed E-state index contributed by atoms with van der Waals surface area (Å²) in [5.41, 5.74) is 2.49. The van der Waals surface area contributed by atoms with Gasteiger partial charge in [-0.3, -0.25) is 0 Å². The summed E-state index contributed by atoms with van der Waals surface area (Å²) in [6.07, 6.45) is 0. The summed E-state index contributed by atoms with van der Waals surface area (Å²) < 4.78 is 11.1. The van der Waals surface area contributed by atoms with E-state index in [1.807, 2.05) is 26.0 Å². The largest absolute Gasteiger partial charge is 0.490 e. The van der Waals surface area contributed by atoms with Crippen LogP contribution in [-0.4, -0.2) is 24.3 Å². The summed E-state index contributed by atoms with van der Waals surface area (Å²) >= 11 is 0. The van der Waals surface area contributed by atoms with Crippen LogP contribution in [0.15, 0.2) is 42.5 Å². The van der Waals surface area contributed by atoms with E-state index in [0.29, 0.717) is 19.0 Å². The molecule has 0 spiro atoms. The SMILES string of the molecule is Cc1ccc(OCCOc2cccc(C(=O)O)c2)c(C)c1. The zero-order valence-electron chi connectivity index (χ0n) is 12.1. The van der Waals surface area contributed by atoms with Gasteiger partial charge in [0.15, 0.2) is 0 Å². The predicted molar refractivity (Wildman–Crippen MR) is 80.3 cm³/mol. The Balaban J connectivity index is 1.84. The van der Waals surface area contributed by atoms with Gasteiger partial charge in [-0.15, -0.1) is 0 Å². The highest BCUT2D eigenvalue weighted by Crippen LogP contribution is 2.19. The van der Waals surface area contributed by atoms with Crippen LogP contribution in [0.1, 0.15) is 21.5 Å². The summed E-state index contributed by atoms with van der Waals surface area (Å²) in [7, 11) is 0. The second-order valence-electron chi connectivity index (χ2n) is 4.80. The molecule has 0 fully saturated rings. The molecule has 2 rings (SSSR count). The van der Waals surface area contributed by atoms with Crippen LogP contribution in [0.5, 0.6) is 11.5 Å². The van der Waals surface area contributed by atoms with Crippen molar-refractivity contribution in [2.45, 2.75) is 13.8 Å². The lowest BCUT2D eigenvalue weighted by molar-refractivity contribution is 0.0696. The van der Waals surface area contributed by atoms with E-state index >= 15 is 0 Å². The van der Waals surface area contributed by atoms with Gasteiger partial charge in [-0.1, -0.05) is 23.8 Å². The van der Waals surface area contributed by atoms with Gasteiger partial charge >= 0.3 is 5.97 Å². The molecule has 0 saturated heterocycles. The van der Waals surface area contributed by atoms with Crippen LogP contribution in [0.3, 0.4) is 0 Å². The summed E-state index contributed by atoms with van der Waals surface area (Å²) in [6, 6.07) is 12.4. The van der Waals surface area contributed by atoms with Crippen molar-refractivity contribution in [2.24, 2.45) is 0 Å². The lowest BCUT2D eigenvalue weighted by Gasteiger charge is -2.11. The lowest BCUT2D eigenvalue weighted by atomic mass is 10.1. The third kappa shape index (κ3) is 4.24. The standard InChI is InChI=1S/C17H18O4/c1-12-6-7-16(13(2)10-12)21-9-8-20-15-5-3-4-14(11-15)17(18)19/h3-7,10-11H,8-9H2,1-2H3,(H,18,19). The number of carbonyl (C=O) groups is 1. The Morgan fingerprint density at radius 1 is 1.05 bits per heavy atom. The molecule has 4 nitrogen and oxygen atoms in total. The van der Waals surface area contributed by atoms with Gasteiger partial charge in [0.2, 0.25) is 0 Å². The number of hydrogen-bond donors (Lipinski definition) is 1. The highest BCUT2D eigenvalue weighted by Gasteiger charge is 2.04. The van der Waals surface area contributed by atoms with Gasteiger partial charge in [-0.25, -0.2) is 4.79 Å². The molecule has 1 N–H and O–H groups in total. The Bertz CT molecular complexity index is 634. The lowest BCUT2D eigenvalue weighted by Crippen LogP contribution is -2.10. The smallest absolute Gasteiger partial charge is 0.335 e. The van der Waals surface area contributed by atoms with Crippen molar-refractivity contribution in [1.82, 2.24) is 0 Å². The zero-order valence-corrected chi connectivity index (χ0v) is 12.1. The van der Waals surface area contributed by atoms with E-state index in [4.69, 9.17) is 14.6 Å². The molecule has 0 unspecified atom stereocenters.